The molecule has 0 saturated heterocycles. The standard InChI is InChI=1S/C18H22N2O3/c1-12-5-6-15(9-13(12)2)17(21)7-8-18(22)20(4)11-16-10-14(3)23-19-16/h5-6,9-10H,7-8,11H2,1-4H3. The summed E-state index contributed by atoms with van der Waals surface area (Å²) in [6.45, 7) is 6.17. The fourth-order valence-electron chi connectivity index (χ4n) is 2.29. The minimum absolute atomic E-state index is 0.00729. The number of amides is 1. The van der Waals surface area contributed by atoms with Crippen LogP contribution in [0, 0.1) is 20.8 Å². The molecular weight excluding hydrogens is 292 g/mol. The summed E-state index contributed by atoms with van der Waals surface area (Å²) in [5, 5.41) is 3.86. The summed E-state index contributed by atoms with van der Waals surface area (Å²) in [5.41, 5.74) is 3.61. The molecule has 0 radical (unpaired) electrons. The summed E-state index contributed by atoms with van der Waals surface area (Å²) in [6.07, 6.45) is 0.405. The lowest BCUT2D eigenvalue weighted by Gasteiger charge is -2.15. The van der Waals surface area contributed by atoms with Crippen LogP contribution in [0.2, 0.25) is 0 Å². The minimum Gasteiger partial charge on any atom is -0.361 e. The topological polar surface area (TPSA) is 63.4 Å². The van der Waals surface area contributed by atoms with Crippen molar-refractivity contribution in [2.45, 2.75) is 40.2 Å². The first-order valence-electron chi connectivity index (χ1n) is 7.63. The first-order chi connectivity index (χ1) is 10.9. The lowest BCUT2D eigenvalue weighted by molar-refractivity contribution is -0.130. The van der Waals surface area contributed by atoms with Crippen molar-refractivity contribution in [1.29, 1.82) is 0 Å². The Bertz CT molecular complexity index is 719. The van der Waals surface area contributed by atoms with Gasteiger partial charge in [-0.05, 0) is 38.0 Å². The van der Waals surface area contributed by atoms with Gasteiger partial charge in [-0.15, -0.1) is 0 Å². The average molecular weight is 314 g/mol. The highest BCUT2D eigenvalue weighted by atomic mass is 16.5. The molecule has 0 bridgehead atoms. The van der Waals surface area contributed by atoms with Crippen LogP contribution in [0.5, 0.6) is 0 Å². The molecule has 2 aromatic rings. The molecule has 0 aliphatic heterocycles. The van der Waals surface area contributed by atoms with Gasteiger partial charge in [-0.2, -0.15) is 0 Å². The van der Waals surface area contributed by atoms with E-state index in [1.807, 2.05) is 32.0 Å². The number of aromatic nitrogens is 1. The van der Waals surface area contributed by atoms with Crippen LogP contribution in [0.4, 0.5) is 0 Å². The maximum absolute atomic E-state index is 12.2. The molecule has 0 saturated carbocycles. The number of hydrogen-bond donors (Lipinski definition) is 0. The number of carbonyl (C=O) groups is 2. The largest absolute Gasteiger partial charge is 0.361 e. The Morgan fingerprint density at radius 2 is 1.83 bits per heavy atom. The van der Waals surface area contributed by atoms with E-state index in [9.17, 15) is 9.59 Å². The predicted octanol–water partition coefficient (Wildman–Crippen LogP) is 3.22. The maximum Gasteiger partial charge on any atom is 0.223 e. The van der Waals surface area contributed by atoms with Gasteiger partial charge in [0.25, 0.3) is 0 Å². The van der Waals surface area contributed by atoms with Crippen molar-refractivity contribution in [2.24, 2.45) is 0 Å². The molecule has 0 fully saturated rings. The van der Waals surface area contributed by atoms with Crippen molar-refractivity contribution in [2.75, 3.05) is 7.05 Å². The Balaban J connectivity index is 1.87. The number of hydrogen-bond acceptors (Lipinski definition) is 4. The van der Waals surface area contributed by atoms with Crippen LogP contribution in [-0.2, 0) is 11.3 Å². The van der Waals surface area contributed by atoms with Crippen LogP contribution in [0.3, 0.4) is 0 Å². The third-order valence-corrected chi connectivity index (χ3v) is 3.90. The second-order valence-electron chi connectivity index (χ2n) is 5.90. The van der Waals surface area contributed by atoms with Gasteiger partial charge in [0.2, 0.25) is 5.91 Å². The van der Waals surface area contributed by atoms with Gasteiger partial charge in [0.05, 0.1) is 6.54 Å². The highest BCUT2D eigenvalue weighted by Gasteiger charge is 2.14. The molecule has 2 rings (SSSR count). The van der Waals surface area contributed by atoms with Crippen LogP contribution in [0.15, 0.2) is 28.8 Å². The molecule has 23 heavy (non-hydrogen) atoms. The first kappa shape index (κ1) is 16.9. The van der Waals surface area contributed by atoms with Gasteiger partial charge < -0.3 is 9.42 Å². The van der Waals surface area contributed by atoms with E-state index in [1.54, 1.807) is 24.9 Å². The minimum atomic E-state index is -0.0807. The SMILES string of the molecule is Cc1cc(CN(C)C(=O)CCC(=O)c2ccc(C)c(C)c2)no1. The molecule has 122 valence electrons. The van der Waals surface area contributed by atoms with E-state index in [0.29, 0.717) is 23.6 Å². The zero-order chi connectivity index (χ0) is 17.0. The van der Waals surface area contributed by atoms with Crippen molar-refractivity contribution in [1.82, 2.24) is 10.1 Å². The molecular formula is C18H22N2O3. The molecule has 1 heterocycles. The molecule has 0 N–H and O–H groups in total. The van der Waals surface area contributed by atoms with E-state index in [1.165, 1.54) is 0 Å². The molecule has 1 aromatic carbocycles. The number of aryl methyl sites for hydroxylation is 3. The summed E-state index contributed by atoms with van der Waals surface area (Å²) in [6, 6.07) is 7.43. The smallest absolute Gasteiger partial charge is 0.223 e. The Morgan fingerprint density at radius 1 is 1.09 bits per heavy atom. The number of nitrogens with zero attached hydrogens (tertiary/aromatic N) is 2. The zero-order valence-electron chi connectivity index (χ0n) is 14.0. The second-order valence-corrected chi connectivity index (χ2v) is 5.90. The summed E-state index contributed by atoms with van der Waals surface area (Å²) < 4.78 is 4.98. The number of rotatable bonds is 6. The average Bonchev–Trinajstić information content (AvgIpc) is 2.92. The van der Waals surface area contributed by atoms with E-state index < -0.39 is 0 Å². The van der Waals surface area contributed by atoms with Crippen LogP contribution >= 0.6 is 0 Å². The monoisotopic (exact) mass is 314 g/mol. The summed E-state index contributed by atoms with van der Waals surface area (Å²) in [4.78, 5) is 25.9. The molecule has 5 heteroatoms. The van der Waals surface area contributed by atoms with Crippen molar-refractivity contribution in [3.05, 3.63) is 52.4 Å². The molecule has 0 aliphatic carbocycles. The Hall–Kier alpha value is -2.43. The van der Waals surface area contributed by atoms with Crippen molar-refractivity contribution in [3.63, 3.8) is 0 Å². The fourth-order valence-corrected chi connectivity index (χ4v) is 2.29. The predicted molar refractivity (Wildman–Crippen MR) is 87.2 cm³/mol. The number of Topliss-reactive ketones (excluding diaryl/α,β-unsaturated/α-hetero) is 1. The Morgan fingerprint density at radius 3 is 2.43 bits per heavy atom. The second kappa shape index (κ2) is 7.22. The van der Waals surface area contributed by atoms with Crippen LogP contribution < -0.4 is 0 Å². The molecule has 0 aliphatic rings. The van der Waals surface area contributed by atoms with Gasteiger partial charge in [0, 0.05) is 31.5 Å². The fraction of sp³-hybridized carbons (Fsp3) is 0.389. The summed E-state index contributed by atoms with van der Waals surface area (Å²) >= 11 is 0. The van der Waals surface area contributed by atoms with Crippen LogP contribution in [0.25, 0.3) is 0 Å². The van der Waals surface area contributed by atoms with Gasteiger partial charge >= 0.3 is 0 Å². The summed E-state index contributed by atoms with van der Waals surface area (Å²) in [7, 11) is 1.70. The normalized spacial score (nSPS) is 10.6. The van der Waals surface area contributed by atoms with Crippen molar-refractivity contribution >= 4 is 11.7 Å². The quantitative estimate of drug-likeness (QED) is 0.768. The lowest BCUT2D eigenvalue weighted by atomic mass is 10.0. The lowest BCUT2D eigenvalue weighted by Crippen LogP contribution is -2.26. The third-order valence-electron chi connectivity index (χ3n) is 3.90. The molecule has 0 spiro atoms. The van der Waals surface area contributed by atoms with E-state index in [2.05, 4.69) is 5.16 Å². The van der Waals surface area contributed by atoms with Gasteiger partial charge in [-0.1, -0.05) is 17.3 Å². The van der Waals surface area contributed by atoms with Crippen LogP contribution in [0.1, 0.15) is 45.8 Å². The van der Waals surface area contributed by atoms with E-state index in [0.717, 1.165) is 11.1 Å². The van der Waals surface area contributed by atoms with Crippen molar-refractivity contribution in [3.8, 4) is 0 Å². The third kappa shape index (κ3) is 4.52. The number of benzene rings is 1. The van der Waals surface area contributed by atoms with E-state index >= 15 is 0 Å². The van der Waals surface area contributed by atoms with E-state index in [-0.39, 0.29) is 24.5 Å². The molecule has 1 amide bonds. The van der Waals surface area contributed by atoms with Gasteiger partial charge in [0.15, 0.2) is 5.78 Å². The number of ketones is 1. The molecule has 1 aromatic heterocycles. The molecule has 5 nitrogen and oxygen atoms in total. The van der Waals surface area contributed by atoms with Gasteiger partial charge in [0.1, 0.15) is 11.5 Å². The van der Waals surface area contributed by atoms with E-state index in [4.69, 9.17) is 4.52 Å². The van der Waals surface area contributed by atoms with Crippen LogP contribution in [-0.4, -0.2) is 28.8 Å². The molecule has 0 unspecified atom stereocenters. The van der Waals surface area contributed by atoms with Gasteiger partial charge in [-0.25, -0.2) is 0 Å². The zero-order valence-corrected chi connectivity index (χ0v) is 14.0. The Kier molecular flexibility index (Phi) is 5.32. The number of carbonyl (C=O) groups excluding carboxylic acids is 2. The molecule has 0 atom stereocenters. The van der Waals surface area contributed by atoms with Crippen molar-refractivity contribution < 1.29 is 14.1 Å². The summed E-state index contributed by atoms with van der Waals surface area (Å²) in [5.74, 6) is 0.626. The first-order valence-corrected chi connectivity index (χ1v) is 7.63. The maximum atomic E-state index is 12.2. The van der Waals surface area contributed by atoms with Gasteiger partial charge in [-0.3, -0.25) is 9.59 Å². The highest BCUT2D eigenvalue weighted by Crippen LogP contribution is 2.13. The Labute approximate surface area is 136 Å². The highest BCUT2D eigenvalue weighted by molar-refractivity contribution is 5.98.